The molecule has 8 heteroatoms. The third-order valence-corrected chi connectivity index (χ3v) is 7.09. The number of esters is 4. The number of methoxy groups -OCH3 is 4. The van der Waals surface area contributed by atoms with Crippen LogP contribution in [0.5, 0.6) is 0 Å². The average molecular weight is 673 g/mol. The summed E-state index contributed by atoms with van der Waals surface area (Å²) in [6.07, 6.45) is 4.44. The Bertz CT molecular complexity index is 1860. The van der Waals surface area contributed by atoms with Crippen molar-refractivity contribution in [3.05, 3.63) is 148 Å². The first-order chi connectivity index (χ1) is 24.2. The molecular formula is C42H40O8. The molecule has 0 aliphatic carbocycles. The van der Waals surface area contributed by atoms with Crippen LogP contribution in [-0.4, -0.2) is 52.3 Å². The summed E-state index contributed by atoms with van der Waals surface area (Å²) in [4.78, 5) is 39.4. The first-order valence-corrected chi connectivity index (χ1v) is 15.1. The molecule has 256 valence electrons. The highest BCUT2D eigenvalue weighted by Crippen LogP contribution is 2.43. The minimum atomic E-state index is -0.394. The molecule has 0 saturated heterocycles. The van der Waals surface area contributed by atoms with Crippen molar-refractivity contribution in [2.75, 3.05) is 28.4 Å². The molecule has 0 N–H and O–H groups in total. The second kappa shape index (κ2) is 20.6. The Labute approximate surface area is 291 Å². The van der Waals surface area contributed by atoms with E-state index in [0.717, 1.165) is 24.3 Å². The van der Waals surface area contributed by atoms with Crippen molar-refractivity contribution in [1.82, 2.24) is 0 Å². The van der Waals surface area contributed by atoms with Gasteiger partial charge in [0, 0.05) is 24.3 Å². The normalized spacial score (nSPS) is 9.44. The molecule has 0 spiro atoms. The summed E-state index contributed by atoms with van der Waals surface area (Å²) < 4.78 is 16.6. The molecule has 0 atom stereocenters. The van der Waals surface area contributed by atoms with E-state index in [-0.39, 0.29) is 0 Å². The van der Waals surface area contributed by atoms with Crippen LogP contribution >= 0.6 is 0 Å². The standard InChI is InChI=1S/C26H16.4C4H6O2/c1-5-13-21-17(9-1)18-10-2-6-14-22(18)26-24-16-8-4-12-20(24)19-11-3-7-15-23(19)25(21)26;4*1-3-4(5)6-2/h1-16H;4*3H,1H2,2H3. The van der Waals surface area contributed by atoms with Gasteiger partial charge in [-0.1, -0.05) is 123 Å². The summed E-state index contributed by atoms with van der Waals surface area (Å²) >= 11 is 0. The maximum absolute atomic E-state index is 9.84. The zero-order valence-corrected chi connectivity index (χ0v) is 28.6. The number of rotatable bonds is 4. The Morgan fingerprint density at radius 1 is 0.360 bits per heavy atom. The van der Waals surface area contributed by atoms with Gasteiger partial charge in [-0.3, -0.25) is 0 Å². The zero-order chi connectivity index (χ0) is 37.1. The molecule has 0 fully saturated rings. The molecule has 0 bridgehead atoms. The molecule has 50 heavy (non-hydrogen) atoms. The fourth-order valence-electron chi connectivity index (χ4n) is 4.91. The third kappa shape index (κ3) is 10.2. The summed E-state index contributed by atoms with van der Waals surface area (Å²) in [7, 11) is 5.24. The smallest absolute Gasteiger partial charge is 0.329 e. The van der Waals surface area contributed by atoms with Gasteiger partial charge in [0.2, 0.25) is 0 Å². The van der Waals surface area contributed by atoms with Crippen molar-refractivity contribution in [2.24, 2.45) is 0 Å². The van der Waals surface area contributed by atoms with Crippen molar-refractivity contribution in [3.63, 3.8) is 0 Å². The highest BCUT2D eigenvalue weighted by molar-refractivity contribution is 6.39. The van der Waals surface area contributed by atoms with Gasteiger partial charge in [0.25, 0.3) is 0 Å². The molecule has 8 nitrogen and oxygen atoms in total. The lowest BCUT2D eigenvalue weighted by atomic mass is 9.87. The van der Waals surface area contributed by atoms with Gasteiger partial charge < -0.3 is 18.9 Å². The van der Waals surface area contributed by atoms with Gasteiger partial charge in [0.1, 0.15) is 0 Å². The maximum atomic E-state index is 9.84. The Kier molecular flexibility index (Phi) is 16.4. The minimum absolute atomic E-state index is 0.394. The van der Waals surface area contributed by atoms with Gasteiger partial charge in [0.15, 0.2) is 0 Å². The predicted molar refractivity (Wildman–Crippen MR) is 203 cm³/mol. The van der Waals surface area contributed by atoms with Crippen LogP contribution in [0.2, 0.25) is 0 Å². The Hall–Kier alpha value is -6.54. The summed E-state index contributed by atoms with van der Waals surface area (Å²) in [5, 5.41) is 13.4. The monoisotopic (exact) mass is 672 g/mol. The summed E-state index contributed by atoms with van der Waals surface area (Å²) in [6.45, 7) is 12.6. The Morgan fingerprint density at radius 3 is 0.640 bits per heavy atom. The lowest BCUT2D eigenvalue weighted by Gasteiger charge is -2.16. The lowest BCUT2D eigenvalue weighted by molar-refractivity contribution is -0.135. The van der Waals surface area contributed by atoms with Crippen molar-refractivity contribution in [3.8, 4) is 0 Å². The number of benzene rings is 6. The van der Waals surface area contributed by atoms with E-state index in [1.807, 2.05) is 0 Å². The van der Waals surface area contributed by atoms with E-state index < -0.39 is 23.9 Å². The molecule has 0 aliphatic heterocycles. The number of carbonyl (C=O) groups is 4. The van der Waals surface area contributed by atoms with Gasteiger partial charge >= 0.3 is 23.9 Å². The molecule has 0 unspecified atom stereocenters. The SMILES string of the molecule is C=CC(=O)OC.C=CC(=O)OC.C=CC(=O)OC.C=CC(=O)OC.c1ccc2c(c1)c1ccccc1c1c3ccccc3c3ccccc3c21. The number of hydrogen-bond donors (Lipinski definition) is 0. The molecule has 0 heterocycles. The fourth-order valence-corrected chi connectivity index (χ4v) is 4.91. The minimum Gasteiger partial charge on any atom is -0.466 e. The first-order valence-electron chi connectivity index (χ1n) is 15.1. The van der Waals surface area contributed by atoms with E-state index in [0.29, 0.717) is 0 Å². The number of ether oxygens (including phenoxy) is 4. The van der Waals surface area contributed by atoms with Crippen LogP contribution < -0.4 is 0 Å². The Balaban J connectivity index is 0.000000297. The summed E-state index contributed by atoms with van der Waals surface area (Å²) in [5.74, 6) is -1.57. The van der Waals surface area contributed by atoms with Crippen LogP contribution in [0.3, 0.4) is 0 Å². The van der Waals surface area contributed by atoms with Gasteiger partial charge in [-0.25, -0.2) is 19.2 Å². The summed E-state index contributed by atoms with van der Waals surface area (Å²) in [6, 6.07) is 35.3. The largest absolute Gasteiger partial charge is 0.466 e. The average Bonchev–Trinajstić information content (AvgIpc) is 3.20. The molecular weight excluding hydrogens is 632 g/mol. The van der Waals surface area contributed by atoms with Gasteiger partial charge in [-0.05, 0) is 53.9 Å². The highest BCUT2D eigenvalue weighted by Gasteiger charge is 2.14. The van der Waals surface area contributed by atoms with Crippen LogP contribution in [0.15, 0.2) is 148 Å². The van der Waals surface area contributed by atoms with E-state index in [2.05, 4.69) is 142 Å². The fraction of sp³-hybridized carbons (Fsp3) is 0.0952. The van der Waals surface area contributed by atoms with E-state index in [9.17, 15) is 19.2 Å². The van der Waals surface area contributed by atoms with Crippen molar-refractivity contribution in [1.29, 1.82) is 0 Å². The van der Waals surface area contributed by atoms with Crippen molar-refractivity contribution >= 4 is 77.7 Å². The van der Waals surface area contributed by atoms with Crippen LogP contribution in [0.1, 0.15) is 0 Å². The van der Waals surface area contributed by atoms with Gasteiger partial charge in [-0.2, -0.15) is 0 Å². The molecule has 0 saturated carbocycles. The van der Waals surface area contributed by atoms with Crippen LogP contribution in [-0.2, 0) is 38.1 Å². The second-order valence-corrected chi connectivity index (χ2v) is 9.84. The van der Waals surface area contributed by atoms with Crippen molar-refractivity contribution in [2.45, 2.75) is 0 Å². The molecule has 0 aromatic heterocycles. The maximum Gasteiger partial charge on any atom is 0.329 e. The Morgan fingerprint density at radius 2 is 0.520 bits per heavy atom. The van der Waals surface area contributed by atoms with Gasteiger partial charge in [0.05, 0.1) is 28.4 Å². The van der Waals surface area contributed by atoms with Crippen LogP contribution in [0.25, 0.3) is 53.9 Å². The summed E-state index contributed by atoms with van der Waals surface area (Å²) in [5.41, 5.74) is 0. The van der Waals surface area contributed by atoms with Crippen LogP contribution in [0.4, 0.5) is 0 Å². The number of hydrogen-bond acceptors (Lipinski definition) is 8. The third-order valence-electron chi connectivity index (χ3n) is 7.09. The topological polar surface area (TPSA) is 105 Å². The molecule has 0 aliphatic rings. The molecule has 6 aromatic carbocycles. The first kappa shape index (κ1) is 39.6. The quantitative estimate of drug-likeness (QED) is 0.0792. The van der Waals surface area contributed by atoms with Gasteiger partial charge in [-0.15, -0.1) is 0 Å². The molecule has 0 amide bonds. The second-order valence-electron chi connectivity index (χ2n) is 9.84. The zero-order valence-electron chi connectivity index (χ0n) is 28.6. The highest BCUT2D eigenvalue weighted by atomic mass is 16.5. The van der Waals surface area contributed by atoms with E-state index in [1.54, 1.807) is 0 Å². The number of carbonyl (C=O) groups excluding carboxylic acids is 4. The predicted octanol–water partition coefficient (Wildman–Crippen LogP) is 8.83. The van der Waals surface area contributed by atoms with E-state index in [1.165, 1.54) is 82.3 Å². The number of fused-ring (bicyclic) bond motifs is 11. The molecule has 6 rings (SSSR count). The van der Waals surface area contributed by atoms with E-state index in [4.69, 9.17) is 0 Å². The molecule has 6 aromatic rings. The van der Waals surface area contributed by atoms with E-state index >= 15 is 0 Å². The molecule has 0 radical (unpaired) electrons. The van der Waals surface area contributed by atoms with Crippen molar-refractivity contribution < 1.29 is 38.1 Å². The lowest BCUT2D eigenvalue weighted by Crippen LogP contribution is -1.91. The van der Waals surface area contributed by atoms with Crippen LogP contribution in [0, 0.1) is 0 Å².